The highest BCUT2D eigenvalue weighted by molar-refractivity contribution is 7.92. The maximum atomic E-state index is 13.1. The molecule has 0 saturated carbocycles. The first-order valence-corrected chi connectivity index (χ1v) is 12.4. The van der Waals surface area contributed by atoms with Gasteiger partial charge < -0.3 is 19.1 Å². The molecule has 0 bridgehead atoms. The third-order valence-corrected chi connectivity index (χ3v) is 6.89. The van der Waals surface area contributed by atoms with E-state index in [-0.39, 0.29) is 28.5 Å². The number of anilines is 1. The molecule has 2 aromatic carbocycles. The molecule has 0 aromatic heterocycles. The van der Waals surface area contributed by atoms with Crippen LogP contribution in [-0.4, -0.2) is 63.8 Å². The van der Waals surface area contributed by atoms with Gasteiger partial charge in [-0.2, -0.15) is 0 Å². The van der Waals surface area contributed by atoms with Gasteiger partial charge in [-0.1, -0.05) is 17.7 Å². The minimum atomic E-state index is -1.98. The predicted molar refractivity (Wildman–Crippen MR) is 130 cm³/mol. The lowest BCUT2D eigenvalue weighted by Gasteiger charge is -2.41. The number of benzene rings is 2. The summed E-state index contributed by atoms with van der Waals surface area (Å²) in [4.78, 5) is 39.5. The molecule has 1 heterocycles. The van der Waals surface area contributed by atoms with Gasteiger partial charge in [0.25, 0.3) is 5.91 Å². The number of halogens is 1. The predicted octanol–water partition coefficient (Wildman–Crippen LogP) is 3.66. The van der Waals surface area contributed by atoms with E-state index in [0.29, 0.717) is 24.7 Å². The summed E-state index contributed by atoms with van der Waals surface area (Å²) in [5.74, 6) is -1.57. The van der Waals surface area contributed by atoms with Crippen LogP contribution in [0.15, 0.2) is 47.4 Å². The summed E-state index contributed by atoms with van der Waals surface area (Å²) in [5, 5.41) is 12.3. The summed E-state index contributed by atoms with van der Waals surface area (Å²) in [6.07, 6.45) is -0.388. The zero-order valence-electron chi connectivity index (χ0n) is 19.1. The Morgan fingerprint density at radius 2 is 1.97 bits per heavy atom. The second-order valence-electron chi connectivity index (χ2n) is 8.24. The van der Waals surface area contributed by atoms with E-state index < -0.39 is 33.5 Å². The van der Waals surface area contributed by atoms with Gasteiger partial charge in [0.1, 0.15) is 0 Å². The number of ether oxygens (including phenoxy) is 1. The molecule has 0 N–H and O–H groups in total. The number of esters is 1. The Kier molecular flexibility index (Phi) is 8.40. The van der Waals surface area contributed by atoms with Crippen LogP contribution in [0.5, 0.6) is 0 Å². The van der Waals surface area contributed by atoms with E-state index in [9.17, 15) is 24.3 Å². The van der Waals surface area contributed by atoms with Crippen LogP contribution < -0.4 is 4.90 Å². The van der Waals surface area contributed by atoms with Gasteiger partial charge in [-0.15, -0.1) is 0 Å². The number of piperazine rings is 1. The van der Waals surface area contributed by atoms with Gasteiger partial charge in [-0.3, -0.25) is 14.9 Å². The van der Waals surface area contributed by atoms with Gasteiger partial charge in [0.2, 0.25) is 10.6 Å². The third kappa shape index (κ3) is 6.19. The van der Waals surface area contributed by atoms with Crippen LogP contribution in [0, 0.1) is 10.1 Å². The van der Waals surface area contributed by atoms with Gasteiger partial charge in [0, 0.05) is 65.3 Å². The second kappa shape index (κ2) is 11.1. The van der Waals surface area contributed by atoms with Crippen LogP contribution in [0.3, 0.4) is 0 Å². The van der Waals surface area contributed by atoms with Crippen molar-refractivity contribution in [2.24, 2.45) is 0 Å². The zero-order valence-corrected chi connectivity index (χ0v) is 20.7. The lowest BCUT2D eigenvalue weighted by Crippen LogP contribution is -2.53. The molecule has 3 rings (SSSR count). The maximum Gasteiger partial charge on any atom is 0.357 e. The Hall–Kier alpha value is -2.82. The number of nitro benzene ring substituents is 1. The largest absolute Gasteiger partial charge is 0.611 e. The molecule has 2 aromatic rings. The number of amides is 1. The van der Waals surface area contributed by atoms with E-state index >= 15 is 0 Å². The molecule has 1 aliphatic heterocycles. The summed E-state index contributed by atoms with van der Waals surface area (Å²) in [7, 11) is 0. The van der Waals surface area contributed by atoms with Crippen molar-refractivity contribution in [2.45, 2.75) is 37.8 Å². The Bertz CT molecular complexity index is 1080. The van der Waals surface area contributed by atoms with Crippen LogP contribution in [0.25, 0.3) is 0 Å². The molecule has 1 unspecified atom stereocenters. The highest BCUT2D eigenvalue weighted by Gasteiger charge is 2.32. The molecular formula is C23H26ClN3O6S. The van der Waals surface area contributed by atoms with Crippen LogP contribution in [-0.2, 0) is 20.7 Å². The fourth-order valence-electron chi connectivity index (χ4n) is 3.83. The number of carbonyl (C=O) groups excluding carboxylic acids is 2. The van der Waals surface area contributed by atoms with Gasteiger partial charge in [0.15, 0.2) is 0 Å². The highest BCUT2D eigenvalue weighted by Crippen LogP contribution is 2.28. The number of carbonyl (C=O) groups is 2. The quantitative estimate of drug-likeness (QED) is 0.243. The number of hydrogen-bond donors (Lipinski definition) is 0. The SMILES string of the molecule is CC(C)OC(=O)C[S+]([O-])c1ccc(C(=O)N2CCN(c3cccc(Cl)c3)[C@H](C)C2)cc1[N+](=O)[O-]. The lowest BCUT2D eigenvalue weighted by atomic mass is 10.1. The molecule has 182 valence electrons. The molecule has 0 spiro atoms. The Balaban J connectivity index is 1.74. The van der Waals surface area contributed by atoms with Crippen molar-refractivity contribution in [2.75, 3.05) is 30.3 Å². The normalized spacial score (nSPS) is 16.9. The minimum Gasteiger partial charge on any atom is -0.611 e. The molecule has 1 aliphatic rings. The lowest BCUT2D eigenvalue weighted by molar-refractivity contribution is -0.387. The summed E-state index contributed by atoms with van der Waals surface area (Å²) in [6.45, 7) is 6.73. The monoisotopic (exact) mass is 507 g/mol. The van der Waals surface area contributed by atoms with E-state index in [1.54, 1.807) is 24.8 Å². The van der Waals surface area contributed by atoms with E-state index in [0.717, 1.165) is 11.8 Å². The number of hydrogen-bond acceptors (Lipinski definition) is 7. The van der Waals surface area contributed by atoms with Gasteiger partial charge in [0.05, 0.1) is 11.0 Å². The first-order valence-electron chi connectivity index (χ1n) is 10.7. The van der Waals surface area contributed by atoms with Gasteiger partial charge >= 0.3 is 11.7 Å². The van der Waals surface area contributed by atoms with Crippen molar-refractivity contribution in [3.63, 3.8) is 0 Å². The Morgan fingerprint density at radius 3 is 2.59 bits per heavy atom. The second-order valence-corrected chi connectivity index (χ2v) is 10.1. The number of rotatable bonds is 7. The van der Waals surface area contributed by atoms with Crippen LogP contribution in [0.2, 0.25) is 5.02 Å². The Morgan fingerprint density at radius 1 is 1.24 bits per heavy atom. The summed E-state index contributed by atoms with van der Waals surface area (Å²) >= 11 is 4.12. The van der Waals surface area contributed by atoms with Crippen LogP contribution in [0.1, 0.15) is 31.1 Å². The Labute approximate surface area is 206 Å². The highest BCUT2D eigenvalue weighted by atomic mass is 35.5. The summed E-state index contributed by atoms with van der Waals surface area (Å²) < 4.78 is 17.5. The molecule has 1 fully saturated rings. The first kappa shape index (κ1) is 25.8. The fraction of sp³-hybridized carbons (Fsp3) is 0.391. The van der Waals surface area contributed by atoms with Crippen molar-refractivity contribution in [3.05, 3.63) is 63.2 Å². The number of nitro groups is 1. The molecule has 11 heteroatoms. The van der Waals surface area contributed by atoms with Crippen molar-refractivity contribution in [3.8, 4) is 0 Å². The van der Waals surface area contributed by atoms with Gasteiger partial charge in [-0.05, 0) is 45.0 Å². The topological polar surface area (TPSA) is 116 Å². The molecule has 34 heavy (non-hydrogen) atoms. The standard InChI is InChI=1S/C23H26ClN3O6S/c1-15(2)33-22(28)14-34(32)21-8-7-17(11-20(21)27(30)31)23(29)25-9-10-26(16(3)13-25)19-6-4-5-18(24)12-19/h4-8,11-12,15-16H,9-10,13-14H2,1-3H3/t16-,34?/m1/s1. The third-order valence-electron chi connectivity index (χ3n) is 5.32. The molecule has 1 saturated heterocycles. The molecule has 0 radical (unpaired) electrons. The maximum absolute atomic E-state index is 13.1. The molecule has 0 aliphatic carbocycles. The van der Waals surface area contributed by atoms with Crippen molar-refractivity contribution < 1.29 is 23.8 Å². The fourth-order valence-corrected chi connectivity index (χ4v) is 5.04. The molecule has 2 atom stereocenters. The molecule has 1 amide bonds. The molecular weight excluding hydrogens is 482 g/mol. The number of nitrogens with zero attached hydrogens (tertiary/aromatic N) is 3. The average Bonchev–Trinajstić information content (AvgIpc) is 2.77. The van der Waals surface area contributed by atoms with Crippen LogP contribution in [0.4, 0.5) is 11.4 Å². The first-order chi connectivity index (χ1) is 16.1. The summed E-state index contributed by atoms with van der Waals surface area (Å²) in [6, 6.07) is 11.3. The van der Waals surface area contributed by atoms with Gasteiger partial charge in [-0.25, -0.2) is 4.79 Å². The van der Waals surface area contributed by atoms with E-state index in [2.05, 4.69) is 4.90 Å². The van der Waals surface area contributed by atoms with E-state index in [4.69, 9.17) is 16.3 Å². The van der Waals surface area contributed by atoms with Crippen molar-refractivity contribution in [1.82, 2.24) is 4.90 Å². The minimum absolute atomic E-state index is 0.00454. The van der Waals surface area contributed by atoms with Crippen molar-refractivity contribution in [1.29, 1.82) is 0 Å². The van der Waals surface area contributed by atoms with E-state index in [1.807, 2.05) is 25.1 Å². The van der Waals surface area contributed by atoms with Crippen LogP contribution >= 0.6 is 11.6 Å². The van der Waals surface area contributed by atoms with E-state index in [1.165, 1.54) is 12.1 Å². The average molecular weight is 508 g/mol. The molecule has 9 nitrogen and oxygen atoms in total. The van der Waals surface area contributed by atoms with Crippen molar-refractivity contribution >= 4 is 46.0 Å². The zero-order chi connectivity index (χ0) is 25.0. The summed E-state index contributed by atoms with van der Waals surface area (Å²) in [5.41, 5.74) is 0.623. The smallest absolute Gasteiger partial charge is 0.357 e.